The highest BCUT2D eigenvalue weighted by Crippen LogP contribution is 2.30. The number of benzene rings is 2. The van der Waals surface area contributed by atoms with Crippen LogP contribution < -0.4 is 10.9 Å². The van der Waals surface area contributed by atoms with E-state index >= 15 is 0 Å². The Morgan fingerprint density at radius 3 is 2.50 bits per heavy atom. The molecule has 0 radical (unpaired) electrons. The number of para-hydroxylation sites is 2. The molecule has 4 rings (SSSR count). The van der Waals surface area contributed by atoms with E-state index in [0.717, 1.165) is 12.1 Å². The molecule has 2 aromatic heterocycles. The van der Waals surface area contributed by atoms with Gasteiger partial charge in [0.25, 0.3) is 5.56 Å². The van der Waals surface area contributed by atoms with Crippen LogP contribution in [0.15, 0.2) is 53.3 Å². The second kappa shape index (κ2) is 7.29. The van der Waals surface area contributed by atoms with Gasteiger partial charge < -0.3 is 5.32 Å². The molecule has 0 saturated heterocycles. The number of carbonyl (C=O) groups is 1. The highest BCUT2D eigenvalue weighted by atomic mass is 19.4. The van der Waals surface area contributed by atoms with Gasteiger partial charge in [-0.25, -0.2) is 0 Å². The highest BCUT2D eigenvalue weighted by molar-refractivity contribution is 5.92. The molecular weight excluding hydrogens is 399 g/mol. The second-order valence-corrected chi connectivity index (χ2v) is 6.64. The molecule has 0 unspecified atom stereocenters. The Balaban J connectivity index is 1.73. The van der Waals surface area contributed by atoms with Crippen LogP contribution in [0.1, 0.15) is 18.3 Å². The van der Waals surface area contributed by atoms with E-state index in [-0.39, 0.29) is 17.9 Å². The number of hydrogen-bond donors (Lipinski definition) is 1. The predicted molar refractivity (Wildman–Crippen MR) is 104 cm³/mol. The van der Waals surface area contributed by atoms with Gasteiger partial charge in [0, 0.05) is 12.1 Å². The Morgan fingerprint density at radius 2 is 1.80 bits per heavy atom. The Hall–Kier alpha value is -3.69. The molecule has 0 aliphatic carbocycles. The molecule has 0 spiro atoms. The molecule has 10 heteroatoms. The number of aryl methyl sites for hydroxylation is 1. The van der Waals surface area contributed by atoms with Gasteiger partial charge in [0.1, 0.15) is 12.4 Å². The van der Waals surface area contributed by atoms with E-state index < -0.39 is 23.2 Å². The molecule has 0 aliphatic heterocycles. The molecule has 30 heavy (non-hydrogen) atoms. The van der Waals surface area contributed by atoms with Crippen LogP contribution in [0.5, 0.6) is 0 Å². The van der Waals surface area contributed by atoms with Crippen LogP contribution in [-0.2, 0) is 23.9 Å². The fraction of sp³-hybridized carbons (Fsp3) is 0.200. The van der Waals surface area contributed by atoms with Crippen molar-refractivity contribution in [3.8, 4) is 0 Å². The number of nitrogens with zero attached hydrogens (tertiary/aromatic N) is 4. The number of aromatic nitrogens is 4. The van der Waals surface area contributed by atoms with Crippen LogP contribution in [0.2, 0.25) is 0 Å². The Labute approximate surface area is 167 Å². The lowest BCUT2D eigenvalue weighted by Crippen LogP contribution is -2.29. The van der Waals surface area contributed by atoms with Crippen LogP contribution in [0.4, 0.5) is 18.9 Å². The fourth-order valence-electron chi connectivity index (χ4n) is 3.32. The number of anilines is 1. The maximum absolute atomic E-state index is 13.0. The van der Waals surface area contributed by atoms with E-state index in [1.165, 1.54) is 16.7 Å². The number of halogens is 3. The largest absolute Gasteiger partial charge is 0.416 e. The van der Waals surface area contributed by atoms with Crippen LogP contribution in [0.3, 0.4) is 0 Å². The van der Waals surface area contributed by atoms with Crippen molar-refractivity contribution in [3.63, 3.8) is 0 Å². The first-order chi connectivity index (χ1) is 14.3. The van der Waals surface area contributed by atoms with Gasteiger partial charge in [-0.3, -0.25) is 18.6 Å². The van der Waals surface area contributed by atoms with Crippen LogP contribution in [0, 0.1) is 0 Å². The van der Waals surface area contributed by atoms with E-state index in [4.69, 9.17) is 0 Å². The van der Waals surface area contributed by atoms with Gasteiger partial charge in [-0.15, -0.1) is 10.2 Å². The number of hydrogen-bond acceptors (Lipinski definition) is 4. The lowest BCUT2D eigenvalue weighted by molar-refractivity contribution is -0.137. The maximum atomic E-state index is 13.0. The Bertz CT molecular complexity index is 1320. The number of alkyl halides is 3. The maximum Gasteiger partial charge on any atom is 0.416 e. The third-order valence-electron chi connectivity index (χ3n) is 4.67. The quantitative estimate of drug-likeness (QED) is 0.555. The van der Waals surface area contributed by atoms with Crippen molar-refractivity contribution in [2.24, 2.45) is 0 Å². The van der Waals surface area contributed by atoms with Crippen molar-refractivity contribution in [1.82, 2.24) is 19.2 Å². The first kappa shape index (κ1) is 19.6. The van der Waals surface area contributed by atoms with Crippen LogP contribution in [-0.4, -0.2) is 25.1 Å². The third kappa shape index (κ3) is 3.40. The number of amides is 1. The minimum Gasteiger partial charge on any atom is -0.325 e. The first-order valence-electron chi connectivity index (χ1n) is 9.12. The predicted octanol–water partition coefficient (Wildman–Crippen LogP) is 3.26. The van der Waals surface area contributed by atoms with Crippen molar-refractivity contribution < 1.29 is 18.0 Å². The molecule has 154 valence electrons. The fourth-order valence-corrected chi connectivity index (χ4v) is 3.32. The summed E-state index contributed by atoms with van der Waals surface area (Å²) in [5.41, 5.74) is -0.175. The topological polar surface area (TPSA) is 81.3 Å². The Morgan fingerprint density at radius 1 is 1.07 bits per heavy atom. The van der Waals surface area contributed by atoms with Gasteiger partial charge in [0.05, 0.1) is 16.6 Å². The summed E-state index contributed by atoms with van der Waals surface area (Å²) >= 11 is 0. The van der Waals surface area contributed by atoms with E-state index in [1.807, 2.05) is 6.92 Å². The minimum absolute atomic E-state index is 0.0102. The van der Waals surface area contributed by atoms with Gasteiger partial charge in [0.2, 0.25) is 11.6 Å². The van der Waals surface area contributed by atoms with Gasteiger partial charge in [0.15, 0.2) is 0 Å². The Kier molecular flexibility index (Phi) is 4.76. The molecule has 0 atom stereocenters. The normalized spacial score (nSPS) is 11.9. The zero-order valence-corrected chi connectivity index (χ0v) is 15.8. The number of carbonyl (C=O) groups excluding carboxylic acids is 1. The van der Waals surface area contributed by atoms with Crippen LogP contribution in [0.25, 0.3) is 16.7 Å². The van der Waals surface area contributed by atoms with Gasteiger partial charge in [-0.05, 0) is 30.3 Å². The zero-order chi connectivity index (χ0) is 21.5. The molecule has 2 heterocycles. The molecule has 7 nitrogen and oxygen atoms in total. The summed E-state index contributed by atoms with van der Waals surface area (Å²) in [7, 11) is 0. The third-order valence-corrected chi connectivity index (χ3v) is 4.67. The molecule has 0 aliphatic rings. The van der Waals surface area contributed by atoms with Gasteiger partial charge in [-0.2, -0.15) is 13.2 Å². The van der Waals surface area contributed by atoms with Crippen molar-refractivity contribution >= 4 is 28.3 Å². The minimum atomic E-state index is -4.52. The van der Waals surface area contributed by atoms with Crippen LogP contribution >= 0.6 is 0 Å². The van der Waals surface area contributed by atoms with E-state index in [2.05, 4.69) is 15.5 Å². The lowest BCUT2D eigenvalue weighted by Gasteiger charge is -2.13. The van der Waals surface area contributed by atoms with Crippen molar-refractivity contribution in [1.29, 1.82) is 0 Å². The first-order valence-corrected chi connectivity index (χ1v) is 9.12. The molecule has 0 fully saturated rings. The summed E-state index contributed by atoms with van der Waals surface area (Å²) in [6, 6.07) is 11.3. The van der Waals surface area contributed by atoms with Gasteiger partial charge >= 0.3 is 6.18 Å². The van der Waals surface area contributed by atoms with E-state index in [0.29, 0.717) is 23.3 Å². The number of fused-ring (bicyclic) bond motifs is 3. The highest BCUT2D eigenvalue weighted by Gasteiger charge is 2.30. The SMILES string of the molecule is CCc1nnc2c(=O)n(CC(=O)Nc3cccc(C(F)(F)F)c3)c3ccccc3n12. The average molecular weight is 415 g/mol. The van der Waals surface area contributed by atoms with Gasteiger partial charge in [-0.1, -0.05) is 25.1 Å². The molecule has 1 amide bonds. The average Bonchev–Trinajstić information content (AvgIpc) is 3.15. The standard InChI is InChI=1S/C20H16F3N5O2/c1-2-16-25-26-18-19(30)27(14-8-3-4-9-15(14)28(16)18)11-17(29)24-13-7-5-6-12(10-13)20(21,22)23/h3-10H,2,11H2,1H3,(H,24,29). The zero-order valence-electron chi connectivity index (χ0n) is 15.8. The molecule has 0 saturated carbocycles. The van der Waals surface area contributed by atoms with Crippen molar-refractivity contribution in [2.75, 3.05) is 5.32 Å². The lowest BCUT2D eigenvalue weighted by atomic mass is 10.2. The monoisotopic (exact) mass is 415 g/mol. The summed E-state index contributed by atoms with van der Waals surface area (Å²) in [6.45, 7) is 1.50. The number of rotatable bonds is 4. The molecule has 4 aromatic rings. The summed E-state index contributed by atoms with van der Waals surface area (Å²) in [5, 5.41) is 10.4. The smallest absolute Gasteiger partial charge is 0.325 e. The van der Waals surface area contributed by atoms with Crippen molar-refractivity contribution in [2.45, 2.75) is 26.1 Å². The summed E-state index contributed by atoms with van der Waals surface area (Å²) in [4.78, 5) is 25.5. The molecule has 0 bridgehead atoms. The molecule has 1 N–H and O–H groups in total. The molecular formula is C20H16F3N5O2. The second-order valence-electron chi connectivity index (χ2n) is 6.64. The number of nitrogens with one attached hydrogen (secondary N) is 1. The van der Waals surface area contributed by atoms with E-state index in [1.54, 1.807) is 28.7 Å². The molecule has 2 aromatic carbocycles. The van der Waals surface area contributed by atoms with E-state index in [9.17, 15) is 22.8 Å². The summed E-state index contributed by atoms with van der Waals surface area (Å²) in [5.74, 6) is -0.0278. The summed E-state index contributed by atoms with van der Waals surface area (Å²) in [6.07, 6.45) is -3.96. The van der Waals surface area contributed by atoms with Crippen molar-refractivity contribution in [3.05, 3.63) is 70.3 Å². The summed E-state index contributed by atoms with van der Waals surface area (Å²) < 4.78 is 41.5.